The van der Waals surface area contributed by atoms with Crippen LogP contribution in [0.4, 0.5) is 11.4 Å². The average molecular weight is 502 g/mol. The second-order valence-corrected chi connectivity index (χ2v) is 9.17. The fourth-order valence-corrected chi connectivity index (χ4v) is 4.30. The zero-order valence-corrected chi connectivity index (χ0v) is 21.1. The maximum Gasteiger partial charge on any atom is 0.234 e. The van der Waals surface area contributed by atoms with E-state index in [0.29, 0.717) is 22.4 Å². The van der Waals surface area contributed by atoms with Crippen LogP contribution in [0.3, 0.4) is 0 Å². The topological polar surface area (TPSA) is 98.1 Å². The van der Waals surface area contributed by atoms with Crippen LogP contribution in [-0.4, -0.2) is 32.3 Å². The molecule has 9 heteroatoms. The first-order chi connectivity index (χ1) is 17.4. The Morgan fingerprint density at radius 2 is 1.75 bits per heavy atom. The van der Waals surface area contributed by atoms with Gasteiger partial charge in [0.1, 0.15) is 12.4 Å². The van der Waals surface area contributed by atoms with Crippen LogP contribution in [0.2, 0.25) is 0 Å². The van der Waals surface area contributed by atoms with Crippen molar-refractivity contribution >= 4 is 35.0 Å². The zero-order chi connectivity index (χ0) is 25.5. The van der Waals surface area contributed by atoms with Gasteiger partial charge in [-0.05, 0) is 61.4 Å². The lowest BCUT2D eigenvalue weighted by Crippen LogP contribution is -2.16. The second-order valence-electron chi connectivity index (χ2n) is 8.22. The Kier molecular flexibility index (Phi) is 8.02. The van der Waals surface area contributed by atoms with E-state index in [2.05, 4.69) is 20.8 Å². The third-order valence-corrected chi connectivity index (χ3v) is 6.17. The quantitative estimate of drug-likeness (QED) is 0.308. The predicted octanol–water partition coefficient (Wildman–Crippen LogP) is 5.15. The molecule has 1 heterocycles. The standard InChI is InChI=1S/C27H27N5O3S/c1-18-8-7-11-23(14-18)35-16-25-30-31-27(32(25)22-9-5-4-6-10-22)36-17-26(34)29-24-15-21(28-20(3)33)13-12-19(24)2/h4-15H,16-17H2,1-3H3,(H,28,33)(H,29,34). The van der Waals surface area contributed by atoms with Crippen LogP contribution in [0.1, 0.15) is 23.9 Å². The third-order valence-electron chi connectivity index (χ3n) is 5.24. The molecule has 0 atom stereocenters. The minimum atomic E-state index is -0.191. The van der Waals surface area contributed by atoms with Crippen molar-refractivity contribution in [1.29, 1.82) is 0 Å². The first kappa shape index (κ1) is 25.0. The van der Waals surface area contributed by atoms with Gasteiger partial charge in [-0.2, -0.15) is 0 Å². The summed E-state index contributed by atoms with van der Waals surface area (Å²) in [7, 11) is 0. The summed E-state index contributed by atoms with van der Waals surface area (Å²) in [6.07, 6.45) is 0. The number of carbonyl (C=O) groups is 2. The number of benzene rings is 3. The fraction of sp³-hybridized carbons (Fsp3) is 0.185. The van der Waals surface area contributed by atoms with E-state index in [1.807, 2.05) is 79.1 Å². The van der Waals surface area contributed by atoms with Gasteiger partial charge in [-0.3, -0.25) is 14.2 Å². The second kappa shape index (κ2) is 11.5. The predicted molar refractivity (Wildman–Crippen MR) is 142 cm³/mol. The van der Waals surface area contributed by atoms with Crippen molar-refractivity contribution in [2.24, 2.45) is 0 Å². The van der Waals surface area contributed by atoms with Crippen LogP contribution >= 0.6 is 11.8 Å². The number of anilines is 2. The third kappa shape index (κ3) is 6.51. The molecule has 184 valence electrons. The summed E-state index contributed by atoms with van der Waals surface area (Å²) in [6.45, 7) is 5.58. The molecule has 0 aliphatic rings. The Morgan fingerprint density at radius 3 is 2.50 bits per heavy atom. The van der Waals surface area contributed by atoms with Gasteiger partial charge in [-0.25, -0.2) is 0 Å². The first-order valence-electron chi connectivity index (χ1n) is 11.4. The lowest BCUT2D eigenvalue weighted by atomic mass is 10.2. The van der Waals surface area contributed by atoms with Gasteiger partial charge in [0.2, 0.25) is 11.8 Å². The van der Waals surface area contributed by atoms with Crippen molar-refractivity contribution in [2.75, 3.05) is 16.4 Å². The number of ether oxygens (including phenoxy) is 1. The Balaban J connectivity index is 1.48. The molecule has 0 unspecified atom stereocenters. The Hall–Kier alpha value is -4.11. The summed E-state index contributed by atoms with van der Waals surface area (Å²) in [4.78, 5) is 24.1. The van der Waals surface area contributed by atoms with Gasteiger partial charge < -0.3 is 15.4 Å². The van der Waals surface area contributed by atoms with Crippen LogP contribution < -0.4 is 15.4 Å². The smallest absolute Gasteiger partial charge is 0.234 e. The molecule has 0 fully saturated rings. The monoisotopic (exact) mass is 501 g/mol. The van der Waals surface area contributed by atoms with Crippen molar-refractivity contribution in [2.45, 2.75) is 32.5 Å². The van der Waals surface area contributed by atoms with Gasteiger partial charge in [0.15, 0.2) is 11.0 Å². The van der Waals surface area contributed by atoms with Gasteiger partial charge >= 0.3 is 0 Å². The van der Waals surface area contributed by atoms with E-state index < -0.39 is 0 Å². The largest absolute Gasteiger partial charge is 0.486 e. The highest BCUT2D eigenvalue weighted by Crippen LogP contribution is 2.25. The molecule has 0 bridgehead atoms. The van der Waals surface area contributed by atoms with Gasteiger partial charge in [0, 0.05) is 24.0 Å². The number of para-hydroxylation sites is 1. The van der Waals surface area contributed by atoms with E-state index in [4.69, 9.17) is 4.74 Å². The molecular formula is C27H27N5O3S. The molecule has 2 amide bonds. The zero-order valence-electron chi connectivity index (χ0n) is 20.3. The molecule has 0 aliphatic heterocycles. The van der Waals surface area contributed by atoms with E-state index >= 15 is 0 Å². The summed E-state index contributed by atoms with van der Waals surface area (Å²) in [5, 5.41) is 14.9. The Morgan fingerprint density at radius 1 is 0.944 bits per heavy atom. The van der Waals surface area contributed by atoms with Crippen LogP contribution in [0, 0.1) is 13.8 Å². The van der Waals surface area contributed by atoms with E-state index in [0.717, 1.165) is 22.6 Å². The minimum absolute atomic E-state index is 0.132. The van der Waals surface area contributed by atoms with Gasteiger partial charge in [-0.15, -0.1) is 10.2 Å². The average Bonchev–Trinajstić information content (AvgIpc) is 3.26. The van der Waals surface area contributed by atoms with Crippen molar-refractivity contribution in [3.05, 3.63) is 89.7 Å². The molecule has 0 saturated heterocycles. The molecule has 2 N–H and O–H groups in total. The fourth-order valence-electron chi connectivity index (χ4n) is 3.53. The number of nitrogens with one attached hydrogen (secondary N) is 2. The highest BCUT2D eigenvalue weighted by Gasteiger charge is 2.17. The van der Waals surface area contributed by atoms with Gasteiger partial charge in [0.05, 0.1) is 5.75 Å². The molecule has 0 spiro atoms. The molecule has 4 rings (SSSR count). The Bertz CT molecular complexity index is 1370. The summed E-state index contributed by atoms with van der Waals surface area (Å²) >= 11 is 1.29. The molecule has 4 aromatic rings. The highest BCUT2D eigenvalue weighted by molar-refractivity contribution is 7.99. The molecule has 36 heavy (non-hydrogen) atoms. The maximum absolute atomic E-state index is 12.8. The lowest BCUT2D eigenvalue weighted by molar-refractivity contribution is -0.114. The first-order valence-corrected chi connectivity index (χ1v) is 12.4. The van der Waals surface area contributed by atoms with Crippen LogP contribution in [0.25, 0.3) is 5.69 Å². The maximum atomic E-state index is 12.8. The van der Waals surface area contributed by atoms with Crippen LogP contribution in [-0.2, 0) is 16.2 Å². The Labute approximate surface area is 214 Å². The number of hydrogen-bond donors (Lipinski definition) is 2. The number of nitrogens with zero attached hydrogens (tertiary/aromatic N) is 3. The van der Waals surface area contributed by atoms with E-state index in [1.54, 1.807) is 12.1 Å². The van der Waals surface area contributed by atoms with Gasteiger partial charge in [0.25, 0.3) is 0 Å². The highest BCUT2D eigenvalue weighted by atomic mass is 32.2. The number of rotatable bonds is 9. The van der Waals surface area contributed by atoms with E-state index in [1.165, 1.54) is 18.7 Å². The molecular weight excluding hydrogens is 474 g/mol. The van der Waals surface area contributed by atoms with Crippen LogP contribution in [0.15, 0.2) is 78.0 Å². The molecule has 0 aliphatic carbocycles. The van der Waals surface area contributed by atoms with Crippen molar-refractivity contribution in [3.8, 4) is 11.4 Å². The number of amides is 2. The molecule has 0 saturated carbocycles. The number of aromatic nitrogens is 3. The van der Waals surface area contributed by atoms with Crippen LogP contribution in [0.5, 0.6) is 5.75 Å². The van der Waals surface area contributed by atoms with Crippen molar-refractivity contribution < 1.29 is 14.3 Å². The summed E-state index contributed by atoms with van der Waals surface area (Å²) in [5.41, 5.74) is 4.15. The van der Waals surface area contributed by atoms with E-state index in [-0.39, 0.29) is 24.2 Å². The van der Waals surface area contributed by atoms with E-state index in [9.17, 15) is 9.59 Å². The number of thioether (sulfide) groups is 1. The minimum Gasteiger partial charge on any atom is -0.486 e. The molecule has 3 aromatic carbocycles. The van der Waals surface area contributed by atoms with Crippen molar-refractivity contribution in [3.63, 3.8) is 0 Å². The summed E-state index contributed by atoms with van der Waals surface area (Å²) in [5.74, 6) is 1.15. The van der Waals surface area contributed by atoms with Gasteiger partial charge in [-0.1, -0.05) is 48.2 Å². The molecule has 1 aromatic heterocycles. The molecule has 0 radical (unpaired) electrons. The van der Waals surface area contributed by atoms with Crippen molar-refractivity contribution in [1.82, 2.24) is 14.8 Å². The number of hydrogen-bond acceptors (Lipinski definition) is 6. The molecule has 8 nitrogen and oxygen atoms in total. The summed E-state index contributed by atoms with van der Waals surface area (Å²) in [6, 6.07) is 22.9. The SMILES string of the molecule is CC(=O)Nc1ccc(C)c(NC(=O)CSc2nnc(COc3cccc(C)c3)n2-c2ccccc2)c1. The normalized spacial score (nSPS) is 10.6. The number of carbonyl (C=O) groups excluding carboxylic acids is 2. The lowest BCUT2D eigenvalue weighted by Gasteiger charge is -2.12. The number of aryl methyl sites for hydroxylation is 2. The summed E-state index contributed by atoms with van der Waals surface area (Å²) < 4.78 is 7.86.